The number of imide groups is 1. The number of benzene rings is 2. The van der Waals surface area contributed by atoms with E-state index in [0.717, 1.165) is 4.90 Å². The summed E-state index contributed by atoms with van der Waals surface area (Å²) in [7, 11) is 0. The third-order valence-corrected chi connectivity index (χ3v) is 5.55. The topological polar surface area (TPSA) is 50.5 Å². The zero-order chi connectivity index (χ0) is 19.7. The summed E-state index contributed by atoms with van der Waals surface area (Å²) >= 11 is 7.13. The van der Waals surface area contributed by atoms with Crippen LogP contribution in [-0.4, -0.2) is 11.8 Å². The van der Waals surface area contributed by atoms with E-state index in [9.17, 15) is 14.0 Å². The fourth-order valence-electron chi connectivity index (χ4n) is 2.90. The number of nitrogens with zero attached hydrogens (tertiary/aromatic N) is 1. The SMILES string of the molecule is O=C1C(SCc2ccco2)=C(c2ccc(Cl)cc2)C(=O)N1c1ccccc1F. The summed E-state index contributed by atoms with van der Waals surface area (Å²) in [6.07, 6.45) is 1.54. The van der Waals surface area contributed by atoms with Gasteiger partial charge in [0.05, 0.1) is 28.2 Å². The van der Waals surface area contributed by atoms with Crippen LogP contribution in [0.25, 0.3) is 5.57 Å². The zero-order valence-electron chi connectivity index (χ0n) is 14.4. The summed E-state index contributed by atoms with van der Waals surface area (Å²) in [6, 6.07) is 15.9. The number of thioether (sulfide) groups is 1. The van der Waals surface area contributed by atoms with Crippen molar-refractivity contribution >= 4 is 46.4 Å². The molecule has 0 spiro atoms. The van der Waals surface area contributed by atoms with Gasteiger partial charge in [0.15, 0.2) is 0 Å². The summed E-state index contributed by atoms with van der Waals surface area (Å²) in [5, 5.41) is 0.511. The molecule has 1 aliphatic rings. The van der Waals surface area contributed by atoms with Crippen LogP contribution in [0.1, 0.15) is 11.3 Å². The molecule has 0 atom stereocenters. The molecule has 0 fully saturated rings. The molecular weight excluding hydrogens is 401 g/mol. The van der Waals surface area contributed by atoms with Gasteiger partial charge >= 0.3 is 0 Å². The van der Waals surface area contributed by atoms with E-state index in [1.165, 1.54) is 36.2 Å². The molecule has 1 aliphatic heterocycles. The van der Waals surface area contributed by atoms with Gasteiger partial charge in [-0.05, 0) is 42.0 Å². The van der Waals surface area contributed by atoms with Crippen molar-refractivity contribution in [2.75, 3.05) is 4.90 Å². The van der Waals surface area contributed by atoms with Gasteiger partial charge < -0.3 is 4.42 Å². The third kappa shape index (κ3) is 3.37. The number of carbonyl (C=O) groups excluding carboxylic acids is 2. The van der Waals surface area contributed by atoms with Crippen molar-refractivity contribution < 1.29 is 18.4 Å². The number of hydrogen-bond donors (Lipinski definition) is 0. The molecule has 1 aromatic heterocycles. The molecule has 0 unspecified atom stereocenters. The molecule has 0 saturated carbocycles. The Morgan fingerprint density at radius 1 is 0.964 bits per heavy atom. The summed E-state index contributed by atoms with van der Waals surface area (Å²) in [6.45, 7) is 0. The Balaban J connectivity index is 1.77. The van der Waals surface area contributed by atoms with E-state index < -0.39 is 17.6 Å². The molecule has 2 heterocycles. The third-order valence-electron chi connectivity index (χ3n) is 4.21. The highest BCUT2D eigenvalue weighted by Crippen LogP contribution is 2.40. The highest BCUT2D eigenvalue weighted by molar-refractivity contribution is 8.03. The second-order valence-corrected chi connectivity index (χ2v) is 7.40. The quantitative estimate of drug-likeness (QED) is 0.533. The fourth-order valence-corrected chi connectivity index (χ4v) is 4.05. The first-order valence-corrected chi connectivity index (χ1v) is 9.71. The molecule has 4 nitrogen and oxygen atoms in total. The molecule has 4 rings (SSSR count). The number of halogens is 2. The number of rotatable bonds is 5. The van der Waals surface area contributed by atoms with Gasteiger partial charge in [-0.2, -0.15) is 0 Å². The predicted octanol–water partition coefficient (Wildman–Crippen LogP) is 5.29. The second-order valence-electron chi connectivity index (χ2n) is 5.98. The van der Waals surface area contributed by atoms with Gasteiger partial charge in [0.1, 0.15) is 11.6 Å². The lowest BCUT2D eigenvalue weighted by molar-refractivity contribution is -0.119. The normalized spacial score (nSPS) is 14.3. The Hall–Kier alpha value is -2.83. The smallest absolute Gasteiger partial charge is 0.272 e. The Morgan fingerprint density at radius 2 is 1.71 bits per heavy atom. The maximum Gasteiger partial charge on any atom is 0.272 e. The van der Waals surface area contributed by atoms with Crippen molar-refractivity contribution in [1.82, 2.24) is 0 Å². The molecule has 7 heteroatoms. The van der Waals surface area contributed by atoms with E-state index in [1.807, 2.05) is 0 Å². The van der Waals surface area contributed by atoms with Crippen molar-refractivity contribution in [3.05, 3.63) is 94.0 Å². The van der Waals surface area contributed by atoms with E-state index in [4.69, 9.17) is 16.0 Å². The van der Waals surface area contributed by atoms with Gasteiger partial charge in [0.2, 0.25) is 0 Å². The van der Waals surface area contributed by atoms with Gasteiger partial charge in [-0.1, -0.05) is 35.9 Å². The van der Waals surface area contributed by atoms with Gasteiger partial charge in [-0.3, -0.25) is 9.59 Å². The first-order valence-electron chi connectivity index (χ1n) is 8.35. The molecule has 2 amide bonds. The Kier molecular flexibility index (Phi) is 5.07. The molecular formula is C21H13ClFNO3S. The lowest BCUT2D eigenvalue weighted by Crippen LogP contribution is -2.32. The molecule has 0 aliphatic carbocycles. The van der Waals surface area contributed by atoms with Crippen LogP contribution in [-0.2, 0) is 15.3 Å². The van der Waals surface area contributed by atoms with Crippen LogP contribution in [0, 0.1) is 5.82 Å². The van der Waals surface area contributed by atoms with Crippen molar-refractivity contribution in [3.63, 3.8) is 0 Å². The van der Waals surface area contributed by atoms with Gasteiger partial charge in [0, 0.05) is 5.02 Å². The minimum absolute atomic E-state index is 0.0717. The van der Waals surface area contributed by atoms with E-state index in [0.29, 0.717) is 22.1 Å². The van der Waals surface area contributed by atoms with E-state index in [2.05, 4.69) is 0 Å². The predicted molar refractivity (Wildman–Crippen MR) is 107 cm³/mol. The van der Waals surface area contributed by atoms with Crippen molar-refractivity contribution in [2.45, 2.75) is 5.75 Å². The average Bonchev–Trinajstić information content (AvgIpc) is 3.28. The standard InChI is InChI=1S/C21H13ClFNO3S/c22-14-9-7-13(8-10-14)18-19(28-12-15-4-3-11-27-15)21(26)24(20(18)25)17-6-2-1-5-16(17)23/h1-11H,12H2. The monoisotopic (exact) mass is 413 g/mol. The largest absolute Gasteiger partial charge is 0.468 e. The highest BCUT2D eigenvalue weighted by Gasteiger charge is 2.41. The minimum Gasteiger partial charge on any atom is -0.468 e. The molecule has 3 aromatic rings. The number of furan rings is 1. The lowest BCUT2D eigenvalue weighted by atomic mass is 10.1. The van der Waals surface area contributed by atoms with E-state index in [-0.39, 0.29) is 16.2 Å². The first kappa shape index (κ1) is 18.5. The van der Waals surface area contributed by atoms with Crippen LogP contribution in [0.5, 0.6) is 0 Å². The number of amides is 2. The molecule has 0 saturated heterocycles. The molecule has 28 heavy (non-hydrogen) atoms. The second kappa shape index (κ2) is 7.66. The van der Waals surface area contributed by atoms with Crippen LogP contribution in [0.3, 0.4) is 0 Å². The average molecular weight is 414 g/mol. The van der Waals surface area contributed by atoms with Crippen LogP contribution >= 0.6 is 23.4 Å². The summed E-state index contributed by atoms with van der Waals surface area (Å²) in [5.74, 6) is -0.741. The summed E-state index contributed by atoms with van der Waals surface area (Å²) < 4.78 is 19.6. The molecule has 0 bridgehead atoms. The maximum atomic E-state index is 14.3. The van der Waals surface area contributed by atoms with Crippen LogP contribution in [0.4, 0.5) is 10.1 Å². The van der Waals surface area contributed by atoms with E-state index in [1.54, 1.807) is 42.5 Å². The first-order chi connectivity index (χ1) is 13.6. The Bertz CT molecular complexity index is 1080. The van der Waals surface area contributed by atoms with Gasteiger partial charge in [-0.15, -0.1) is 11.8 Å². The number of carbonyl (C=O) groups is 2. The van der Waals surface area contributed by atoms with Crippen molar-refractivity contribution in [1.29, 1.82) is 0 Å². The van der Waals surface area contributed by atoms with Gasteiger partial charge in [0.25, 0.3) is 11.8 Å². The maximum absolute atomic E-state index is 14.3. The Labute approximate surface area is 169 Å². The van der Waals surface area contributed by atoms with Crippen LogP contribution in [0.15, 0.2) is 76.2 Å². The number of anilines is 1. The summed E-state index contributed by atoms with van der Waals surface area (Å²) in [5.41, 5.74) is 0.697. The zero-order valence-corrected chi connectivity index (χ0v) is 16.0. The molecule has 2 aromatic carbocycles. The molecule has 140 valence electrons. The number of para-hydroxylation sites is 1. The Morgan fingerprint density at radius 3 is 2.39 bits per heavy atom. The highest BCUT2D eigenvalue weighted by atomic mass is 35.5. The number of hydrogen-bond acceptors (Lipinski definition) is 4. The van der Waals surface area contributed by atoms with E-state index >= 15 is 0 Å². The lowest BCUT2D eigenvalue weighted by Gasteiger charge is -2.15. The summed E-state index contributed by atoms with van der Waals surface area (Å²) in [4.78, 5) is 27.3. The van der Waals surface area contributed by atoms with Gasteiger partial charge in [-0.25, -0.2) is 9.29 Å². The van der Waals surface area contributed by atoms with Crippen LogP contribution in [0.2, 0.25) is 5.02 Å². The molecule has 0 radical (unpaired) electrons. The fraction of sp³-hybridized carbons (Fsp3) is 0.0476. The van der Waals surface area contributed by atoms with Crippen molar-refractivity contribution in [3.8, 4) is 0 Å². The minimum atomic E-state index is -0.642. The van der Waals surface area contributed by atoms with Crippen molar-refractivity contribution in [2.24, 2.45) is 0 Å². The molecule has 0 N–H and O–H groups in total. The van der Waals surface area contributed by atoms with Crippen LogP contribution < -0.4 is 4.90 Å².